The highest BCUT2D eigenvalue weighted by atomic mass is 16.2. The maximum absolute atomic E-state index is 12.6. The van der Waals surface area contributed by atoms with E-state index in [0.717, 1.165) is 28.9 Å². The zero-order valence-electron chi connectivity index (χ0n) is 15.9. The Balaban J connectivity index is 1.45. The summed E-state index contributed by atoms with van der Waals surface area (Å²) in [5.41, 5.74) is 4.43. The zero-order valence-corrected chi connectivity index (χ0v) is 15.9. The van der Waals surface area contributed by atoms with Crippen LogP contribution in [0.2, 0.25) is 0 Å². The standard InChI is InChI=1S/C22H22N4O2/c1-15-12-19-13-20(8-9-21(19)26(15)16(2)27)24-22(28)18-6-4-17(5-7-18)14-25-11-3-10-23-25/h3-11,13,15H,12,14H2,1-2H3,(H,24,28)/t15-/m1/s1. The fourth-order valence-electron chi connectivity index (χ4n) is 3.73. The Morgan fingerprint density at radius 3 is 2.64 bits per heavy atom. The molecule has 0 fully saturated rings. The molecule has 0 spiro atoms. The molecule has 6 nitrogen and oxygen atoms in total. The van der Waals surface area contributed by atoms with Crippen LogP contribution >= 0.6 is 0 Å². The van der Waals surface area contributed by atoms with Crippen molar-refractivity contribution in [2.24, 2.45) is 0 Å². The molecule has 2 amide bonds. The van der Waals surface area contributed by atoms with Gasteiger partial charge in [0.2, 0.25) is 5.91 Å². The maximum Gasteiger partial charge on any atom is 0.255 e. The largest absolute Gasteiger partial charge is 0.322 e. The van der Waals surface area contributed by atoms with Gasteiger partial charge in [0.1, 0.15) is 0 Å². The molecule has 0 radical (unpaired) electrons. The highest BCUT2D eigenvalue weighted by Gasteiger charge is 2.28. The van der Waals surface area contributed by atoms with Crippen LogP contribution in [-0.4, -0.2) is 27.6 Å². The molecular weight excluding hydrogens is 352 g/mol. The molecule has 2 heterocycles. The summed E-state index contributed by atoms with van der Waals surface area (Å²) in [4.78, 5) is 26.2. The van der Waals surface area contributed by atoms with Crippen molar-refractivity contribution in [1.82, 2.24) is 9.78 Å². The van der Waals surface area contributed by atoms with Crippen molar-refractivity contribution in [3.63, 3.8) is 0 Å². The third kappa shape index (κ3) is 3.53. The first kappa shape index (κ1) is 18.0. The minimum atomic E-state index is -0.153. The van der Waals surface area contributed by atoms with E-state index in [0.29, 0.717) is 12.1 Å². The molecule has 28 heavy (non-hydrogen) atoms. The van der Waals surface area contributed by atoms with Crippen molar-refractivity contribution < 1.29 is 9.59 Å². The third-order valence-electron chi connectivity index (χ3n) is 5.01. The summed E-state index contributed by atoms with van der Waals surface area (Å²) in [6.07, 6.45) is 4.44. The average Bonchev–Trinajstić information content (AvgIpc) is 3.28. The summed E-state index contributed by atoms with van der Waals surface area (Å²) in [6, 6.07) is 15.2. The predicted octanol–water partition coefficient (Wildman–Crippen LogP) is 3.48. The number of fused-ring (bicyclic) bond motifs is 1. The van der Waals surface area contributed by atoms with Gasteiger partial charge in [-0.1, -0.05) is 12.1 Å². The molecule has 0 bridgehead atoms. The summed E-state index contributed by atoms with van der Waals surface area (Å²) < 4.78 is 1.84. The number of aromatic nitrogens is 2. The Morgan fingerprint density at radius 1 is 1.18 bits per heavy atom. The third-order valence-corrected chi connectivity index (χ3v) is 5.01. The van der Waals surface area contributed by atoms with E-state index in [-0.39, 0.29) is 17.9 Å². The Bertz CT molecular complexity index is 1010. The summed E-state index contributed by atoms with van der Waals surface area (Å²) in [7, 11) is 0. The lowest BCUT2D eigenvalue weighted by Gasteiger charge is -2.20. The zero-order chi connectivity index (χ0) is 19.7. The molecule has 0 aliphatic carbocycles. The number of nitrogens with zero attached hydrogens (tertiary/aromatic N) is 3. The van der Waals surface area contributed by atoms with Crippen LogP contribution in [0, 0.1) is 0 Å². The molecular formula is C22H22N4O2. The molecule has 0 saturated heterocycles. The quantitative estimate of drug-likeness (QED) is 0.760. The molecule has 1 N–H and O–H groups in total. The number of nitrogens with one attached hydrogen (secondary N) is 1. The van der Waals surface area contributed by atoms with Gasteiger partial charge in [0.25, 0.3) is 5.91 Å². The van der Waals surface area contributed by atoms with Crippen LogP contribution in [0.3, 0.4) is 0 Å². The van der Waals surface area contributed by atoms with E-state index in [4.69, 9.17) is 0 Å². The first-order chi connectivity index (χ1) is 13.5. The normalized spacial score (nSPS) is 15.4. The number of anilines is 2. The summed E-state index contributed by atoms with van der Waals surface area (Å²) in [5.74, 6) is -0.113. The molecule has 0 unspecified atom stereocenters. The van der Waals surface area contributed by atoms with Crippen molar-refractivity contribution in [2.45, 2.75) is 32.9 Å². The highest BCUT2D eigenvalue weighted by Crippen LogP contribution is 2.34. The van der Waals surface area contributed by atoms with Gasteiger partial charge < -0.3 is 10.2 Å². The van der Waals surface area contributed by atoms with Crippen LogP contribution in [0.25, 0.3) is 0 Å². The van der Waals surface area contributed by atoms with E-state index in [1.165, 1.54) is 0 Å². The van der Waals surface area contributed by atoms with Crippen molar-refractivity contribution >= 4 is 23.2 Å². The number of carbonyl (C=O) groups excluding carboxylic acids is 2. The topological polar surface area (TPSA) is 67.2 Å². The summed E-state index contributed by atoms with van der Waals surface area (Å²) in [5, 5.41) is 7.14. The maximum atomic E-state index is 12.6. The smallest absolute Gasteiger partial charge is 0.255 e. The van der Waals surface area contributed by atoms with Crippen LogP contribution in [0.1, 0.15) is 35.3 Å². The van der Waals surface area contributed by atoms with Crippen LogP contribution in [0.4, 0.5) is 11.4 Å². The SMILES string of the molecule is CC(=O)N1c2ccc(NC(=O)c3ccc(Cn4cccn4)cc3)cc2C[C@H]1C. The molecule has 3 aromatic rings. The lowest BCUT2D eigenvalue weighted by molar-refractivity contribution is -0.116. The van der Waals surface area contributed by atoms with Gasteiger partial charge in [-0.25, -0.2) is 0 Å². The fraction of sp³-hybridized carbons (Fsp3) is 0.227. The molecule has 0 saturated carbocycles. The second-order valence-corrected chi connectivity index (χ2v) is 7.14. The summed E-state index contributed by atoms with van der Waals surface area (Å²) in [6.45, 7) is 4.28. The van der Waals surface area contributed by atoms with E-state index >= 15 is 0 Å². The Kier molecular flexibility index (Phi) is 4.69. The number of carbonyl (C=O) groups is 2. The molecule has 2 aromatic carbocycles. The molecule has 1 aromatic heterocycles. The van der Waals surface area contributed by atoms with E-state index in [1.807, 2.05) is 66.3 Å². The number of rotatable bonds is 4. The minimum Gasteiger partial charge on any atom is -0.322 e. The molecule has 6 heteroatoms. The second kappa shape index (κ2) is 7.31. The Morgan fingerprint density at radius 2 is 1.96 bits per heavy atom. The number of amides is 2. The molecule has 142 valence electrons. The molecule has 1 aliphatic rings. The fourth-order valence-corrected chi connectivity index (χ4v) is 3.73. The van der Waals surface area contributed by atoms with E-state index in [9.17, 15) is 9.59 Å². The minimum absolute atomic E-state index is 0.0400. The van der Waals surface area contributed by atoms with E-state index in [2.05, 4.69) is 10.4 Å². The predicted molar refractivity (Wildman–Crippen MR) is 108 cm³/mol. The highest BCUT2D eigenvalue weighted by molar-refractivity contribution is 6.04. The lowest BCUT2D eigenvalue weighted by Crippen LogP contribution is -2.33. The monoisotopic (exact) mass is 374 g/mol. The Labute approximate surface area is 163 Å². The van der Waals surface area contributed by atoms with E-state index < -0.39 is 0 Å². The van der Waals surface area contributed by atoms with Gasteiger partial charge in [-0.05, 0) is 60.9 Å². The van der Waals surface area contributed by atoms with Crippen LogP contribution in [0.5, 0.6) is 0 Å². The van der Waals surface area contributed by atoms with Crippen molar-refractivity contribution in [3.05, 3.63) is 77.6 Å². The number of benzene rings is 2. The number of hydrogen-bond acceptors (Lipinski definition) is 3. The lowest BCUT2D eigenvalue weighted by atomic mass is 10.1. The van der Waals surface area contributed by atoms with Gasteiger partial charge in [0, 0.05) is 42.3 Å². The molecule has 1 aliphatic heterocycles. The molecule has 1 atom stereocenters. The van der Waals surface area contributed by atoms with Crippen molar-refractivity contribution in [1.29, 1.82) is 0 Å². The van der Waals surface area contributed by atoms with Gasteiger partial charge in [0.05, 0.1) is 6.54 Å². The van der Waals surface area contributed by atoms with Gasteiger partial charge in [0.15, 0.2) is 0 Å². The van der Waals surface area contributed by atoms with Crippen molar-refractivity contribution in [3.8, 4) is 0 Å². The first-order valence-electron chi connectivity index (χ1n) is 9.32. The number of hydrogen-bond donors (Lipinski definition) is 1. The van der Waals surface area contributed by atoms with Gasteiger partial charge >= 0.3 is 0 Å². The van der Waals surface area contributed by atoms with Crippen molar-refractivity contribution in [2.75, 3.05) is 10.2 Å². The second-order valence-electron chi connectivity index (χ2n) is 7.14. The molecule has 4 rings (SSSR count). The van der Waals surface area contributed by atoms with Crippen LogP contribution < -0.4 is 10.2 Å². The van der Waals surface area contributed by atoms with E-state index in [1.54, 1.807) is 18.0 Å². The van der Waals surface area contributed by atoms with Gasteiger partial charge in [-0.2, -0.15) is 5.10 Å². The summed E-state index contributed by atoms with van der Waals surface area (Å²) >= 11 is 0. The van der Waals surface area contributed by atoms with Crippen LogP contribution in [-0.2, 0) is 17.8 Å². The van der Waals surface area contributed by atoms with Crippen LogP contribution in [0.15, 0.2) is 60.9 Å². The Hall–Kier alpha value is -3.41. The first-order valence-corrected chi connectivity index (χ1v) is 9.32. The van der Waals surface area contributed by atoms with Gasteiger partial charge in [-0.15, -0.1) is 0 Å². The van der Waals surface area contributed by atoms with Gasteiger partial charge in [-0.3, -0.25) is 14.3 Å². The average molecular weight is 374 g/mol.